The van der Waals surface area contributed by atoms with E-state index in [1.807, 2.05) is 11.8 Å². The van der Waals surface area contributed by atoms with Crippen LogP contribution in [0.3, 0.4) is 0 Å². The van der Waals surface area contributed by atoms with E-state index in [1.165, 1.54) is 19.1 Å². The molecule has 1 aliphatic rings. The third-order valence-corrected chi connectivity index (χ3v) is 5.39. The first kappa shape index (κ1) is 14.8. The summed E-state index contributed by atoms with van der Waals surface area (Å²) in [5.41, 5.74) is 5.88. The lowest BCUT2D eigenvalue weighted by atomic mass is 10.2. The van der Waals surface area contributed by atoms with Crippen LogP contribution in [0.25, 0.3) is 0 Å². The fourth-order valence-corrected chi connectivity index (χ4v) is 3.85. The number of rotatable bonds is 5. The molecule has 2 rings (SSSR count). The van der Waals surface area contributed by atoms with Gasteiger partial charge in [0.15, 0.2) is 5.82 Å². The Balaban J connectivity index is 1.95. The molecule has 0 radical (unpaired) electrons. The Hall–Kier alpha value is -0.600. The summed E-state index contributed by atoms with van der Waals surface area (Å²) < 4.78 is 27.3. The maximum absolute atomic E-state index is 11.1. The normalized spacial score (nSPS) is 22.3. The second-order valence-electron chi connectivity index (χ2n) is 4.87. The molecular weight excluding hydrogens is 286 g/mol. The quantitative estimate of drug-likeness (QED) is 0.879. The SMILES string of the molecule is CS(=O)(=O)CCC(N)c1nc(C2CCCCS2)no1. The van der Waals surface area contributed by atoms with Gasteiger partial charge in [-0.15, -0.1) is 0 Å². The third-order valence-electron chi connectivity index (χ3n) is 3.04. The van der Waals surface area contributed by atoms with Crippen molar-refractivity contribution in [3.05, 3.63) is 11.7 Å². The number of hydrogen-bond acceptors (Lipinski definition) is 7. The largest absolute Gasteiger partial charge is 0.338 e. The summed E-state index contributed by atoms with van der Waals surface area (Å²) in [5.74, 6) is 2.18. The molecule has 19 heavy (non-hydrogen) atoms. The van der Waals surface area contributed by atoms with Gasteiger partial charge in [-0.25, -0.2) is 8.42 Å². The summed E-state index contributed by atoms with van der Waals surface area (Å²) in [4.78, 5) is 4.32. The standard InChI is InChI=1S/C11H19N3O3S2/c1-19(15,16)7-5-8(12)11-13-10(14-17-11)9-4-2-3-6-18-9/h8-9H,2-7,12H2,1H3. The van der Waals surface area contributed by atoms with E-state index >= 15 is 0 Å². The first-order valence-corrected chi connectivity index (χ1v) is 9.45. The van der Waals surface area contributed by atoms with Crippen molar-refractivity contribution in [1.29, 1.82) is 0 Å². The van der Waals surface area contributed by atoms with Gasteiger partial charge >= 0.3 is 0 Å². The van der Waals surface area contributed by atoms with E-state index in [-0.39, 0.29) is 11.0 Å². The lowest BCUT2D eigenvalue weighted by Crippen LogP contribution is -2.16. The molecular formula is C11H19N3O3S2. The van der Waals surface area contributed by atoms with Gasteiger partial charge < -0.3 is 10.3 Å². The summed E-state index contributed by atoms with van der Waals surface area (Å²) in [7, 11) is -3.01. The molecule has 2 unspecified atom stereocenters. The van der Waals surface area contributed by atoms with Gasteiger partial charge in [0.1, 0.15) is 9.84 Å². The van der Waals surface area contributed by atoms with Gasteiger partial charge in [0.05, 0.1) is 17.0 Å². The Morgan fingerprint density at radius 3 is 2.95 bits per heavy atom. The van der Waals surface area contributed by atoms with Crippen molar-refractivity contribution < 1.29 is 12.9 Å². The van der Waals surface area contributed by atoms with Gasteiger partial charge in [-0.2, -0.15) is 16.7 Å². The third kappa shape index (κ3) is 4.47. The molecule has 8 heteroatoms. The van der Waals surface area contributed by atoms with Crippen molar-refractivity contribution in [3.63, 3.8) is 0 Å². The smallest absolute Gasteiger partial charge is 0.243 e. The number of sulfone groups is 1. The number of hydrogen-bond donors (Lipinski definition) is 1. The Morgan fingerprint density at radius 2 is 2.32 bits per heavy atom. The summed E-state index contributed by atoms with van der Waals surface area (Å²) in [6.07, 6.45) is 4.97. The maximum Gasteiger partial charge on any atom is 0.243 e. The summed E-state index contributed by atoms with van der Waals surface area (Å²) in [6, 6.07) is -0.510. The van der Waals surface area contributed by atoms with Crippen LogP contribution in [0, 0.1) is 0 Å². The van der Waals surface area contributed by atoms with Crippen LogP contribution in [-0.2, 0) is 9.84 Å². The van der Waals surface area contributed by atoms with Gasteiger partial charge in [0.2, 0.25) is 5.89 Å². The van der Waals surface area contributed by atoms with Gasteiger partial charge in [-0.3, -0.25) is 0 Å². The van der Waals surface area contributed by atoms with Crippen molar-refractivity contribution in [2.75, 3.05) is 17.8 Å². The second kappa shape index (κ2) is 6.23. The van der Waals surface area contributed by atoms with E-state index in [9.17, 15) is 8.42 Å². The van der Waals surface area contributed by atoms with E-state index in [1.54, 1.807) is 0 Å². The molecule has 0 bridgehead atoms. The topological polar surface area (TPSA) is 99.1 Å². The molecule has 0 aliphatic carbocycles. The van der Waals surface area contributed by atoms with Crippen molar-refractivity contribution in [3.8, 4) is 0 Å². The first-order valence-electron chi connectivity index (χ1n) is 6.34. The lowest BCUT2D eigenvalue weighted by molar-refractivity contribution is 0.347. The minimum Gasteiger partial charge on any atom is -0.338 e. The molecule has 108 valence electrons. The molecule has 2 heterocycles. The average molecular weight is 305 g/mol. The summed E-state index contributed by atoms with van der Waals surface area (Å²) >= 11 is 1.84. The van der Waals surface area contributed by atoms with Crippen LogP contribution in [0.2, 0.25) is 0 Å². The number of nitrogens with two attached hydrogens (primary N) is 1. The van der Waals surface area contributed by atoms with Crippen molar-refractivity contribution in [1.82, 2.24) is 10.1 Å². The predicted octanol–water partition coefficient (Wildman–Crippen LogP) is 1.46. The van der Waals surface area contributed by atoms with Gasteiger partial charge in [-0.05, 0) is 25.0 Å². The van der Waals surface area contributed by atoms with Crippen molar-refractivity contribution >= 4 is 21.6 Å². The van der Waals surface area contributed by atoms with E-state index in [0.717, 1.165) is 12.2 Å². The molecule has 1 aromatic heterocycles. The van der Waals surface area contributed by atoms with Gasteiger partial charge in [-0.1, -0.05) is 11.6 Å². The first-order chi connectivity index (χ1) is 8.96. The Labute approximate surface area is 117 Å². The van der Waals surface area contributed by atoms with Crippen LogP contribution < -0.4 is 5.73 Å². The van der Waals surface area contributed by atoms with E-state index in [4.69, 9.17) is 10.3 Å². The van der Waals surface area contributed by atoms with Crippen LogP contribution in [0.4, 0.5) is 0 Å². The average Bonchev–Trinajstić information content (AvgIpc) is 2.86. The Bertz CT molecular complexity index is 509. The molecule has 1 aromatic rings. The van der Waals surface area contributed by atoms with Crippen LogP contribution in [0.15, 0.2) is 4.52 Å². The second-order valence-corrected chi connectivity index (χ2v) is 8.44. The van der Waals surface area contributed by atoms with Crippen LogP contribution in [-0.4, -0.2) is 36.3 Å². The minimum absolute atomic E-state index is 0.0318. The molecule has 2 atom stereocenters. The van der Waals surface area contributed by atoms with E-state index in [2.05, 4.69) is 10.1 Å². The lowest BCUT2D eigenvalue weighted by Gasteiger charge is -2.17. The molecule has 2 N–H and O–H groups in total. The fourth-order valence-electron chi connectivity index (χ4n) is 1.94. The van der Waals surface area contributed by atoms with Crippen molar-refractivity contribution in [2.24, 2.45) is 5.73 Å². The molecule has 1 aliphatic heterocycles. The highest BCUT2D eigenvalue weighted by Crippen LogP contribution is 2.36. The van der Waals surface area contributed by atoms with Crippen molar-refractivity contribution in [2.45, 2.75) is 37.0 Å². The summed E-state index contributed by atoms with van der Waals surface area (Å²) in [6.45, 7) is 0. The van der Waals surface area contributed by atoms with Crippen LogP contribution in [0.1, 0.15) is 48.7 Å². The Kier molecular flexibility index (Phi) is 4.86. The van der Waals surface area contributed by atoms with Crippen LogP contribution >= 0.6 is 11.8 Å². The summed E-state index contributed by atoms with van der Waals surface area (Å²) in [5, 5.41) is 4.25. The minimum atomic E-state index is -3.01. The predicted molar refractivity (Wildman–Crippen MR) is 74.6 cm³/mol. The molecule has 1 fully saturated rings. The molecule has 0 saturated carbocycles. The van der Waals surface area contributed by atoms with Crippen LogP contribution in [0.5, 0.6) is 0 Å². The monoisotopic (exact) mass is 305 g/mol. The molecule has 0 aromatic carbocycles. The van der Waals surface area contributed by atoms with Gasteiger partial charge in [0, 0.05) is 6.26 Å². The van der Waals surface area contributed by atoms with E-state index in [0.29, 0.717) is 18.1 Å². The zero-order valence-corrected chi connectivity index (χ0v) is 12.5. The molecule has 0 amide bonds. The Morgan fingerprint density at radius 1 is 1.53 bits per heavy atom. The molecule has 6 nitrogen and oxygen atoms in total. The highest BCUT2D eigenvalue weighted by atomic mass is 32.2. The zero-order chi connectivity index (χ0) is 13.9. The molecule has 0 spiro atoms. The number of nitrogens with zero attached hydrogens (tertiary/aromatic N) is 2. The highest BCUT2D eigenvalue weighted by Gasteiger charge is 2.23. The van der Waals surface area contributed by atoms with Gasteiger partial charge in [0.25, 0.3) is 0 Å². The fraction of sp³-hybridized carbons (Fsp3) is 0.818. The maximum atomic E-state index is 11.1. The highest BCUT2D eigenvalue weighted by molar-refractivity contribution is 7.99. The number of thioether (sulfide) groups is 1. The van der Waals surface area contributed by atoms with E-state index < -0.39 is 15.9 Å². The molecule has 1 saturated heterocycles. The number of aromatic nitrogens is 2. The zero-order valence-electron chi connectivity index (χ0n) is 10.9.